The number of benzene rings is 2. The lowest BCUT2D eigenvalue weighted by Crippen LogP contribution is -2.25. The number of hydrogen-bond donors (Lipinski definition) is 1. The smallest absolute Gasteiger partial charge is 0.316 e. The van der Waals surface area contributed by atoms with Gasteiger partial charge in [0.15, 0.2) is 11.0 Å². The lowest BCUT2D eigenvalue weighted by Gasteiger charge is -2.19. The van der Waals surface area contributed by atoms with Gasteiger partial charge in [-0.3, -0.25) is 14.2 Å². The summed E-state index contributed by atoms with van der Waals surface area (Å²) in [6, 6.07) is 13.3. The summed E-state index contributed by atoms with van der Waals surface area (Å²) in [5.74, 6) is -0.537. The first-order chi connectivity index (χ1) is 15.2. The van der Waals surface area contributed by atoms with Gasteiger partial charge in [-0.1, -0.05) is 44.7 Å². The SMILES string of the molecule is COC(=O)CSc1nnc(CNC(=O)c2ccc(C(C)(C)C)cc2)n1-c1ccc(F)cc1. The van der Waals surface area contributed by atoms with Crippen molar-refractivity contribution in [1.82, 2.24) is 20.1 Å². The fourth-order valence-corrected chi connectivity index (χ4v) is 3.73. The van der Waals surface area contributed by atoms with E-state index in [1.54, 1.807) is 28.8 Å². The van der Waals surface area contributed by atoms with Gasteiger partial charge in [-0.05, 0) is 47.4 Å². The van der Waals surface area contributed by atoms with E-state index in [0.29, 0.717) is 22.2 Å². The van der Waals surface area contributed by atoms with Crippen molar-refractivity contribution < 1.29 is 18.7 Å². The number of rotatable bonds is 7. The van der Waals surface area contributed by atoms with Gasteiger partial charge in [0.25, 0.3) is 5.91 Å². The van der Waals surface area contributed by atoms with Gasteiger partial charge >= 0.3 is 5.97 Å². The molecule has 1 amide bonds. The second kappa shape index (κ2) is 9.95. The molecule has 7 nitrogen and oxygen atoms in total. The number of ether oxygens (including phenoxy) is 1. The Labute approximate surface area is 190 Å². The molecule has 32 heavy (non-hydrogen) atoms. The zero-order chi connectivity index (χ0) is 23.3. The highest BCUT2D eigenvalue weighted by atomic mass is 32.2. The fourth-order valence-electron chi connectivity index (χ4n) is 2.92. The van der Waals surface area contributed by atoms with Crippen LogP contribution in [0.3, 0.4) is 0 Å². The van der Waals surface area contributed by atoms with Gasteiger partial charge in [0.05, 0.1) is 19.4 Å². The zero-order valence-electron chi connectivity index (χ0n) is 18.4. The Bertz CT molecular complexity index is 1090. The Kier molecular flexibility index (Phi) is 7.29. The second-order valence-electron chi connectivity index (χ2n) is 8.09. The summed E-state index contributed by atoms with van der Waals surface area (Å²) in [6.45, 7) is 6.43. The van der Waals surface area contributed by atoms with Crippen molar-refractivity contribution in [2.45, 2.75) is 37.9 Å². The highest BCUT2D eigenvalue weighted by Gasteiger charge is 2.18. The number of halogens is 1. The topological polar surface area (TPSA) is 86.1 Å². The lowest BCUT2D eigenvalue weighted by molar-refractivity contribution is -0.137. The average Bonchev–Trinajstić information content (AvgIpc) is 3.18. The monoisotopic (exact) mass is 456 g/mol. The average molecular weight is 457 g/mol. The van der Waals surface area contributed by atoms with E-state index in [4.69, 9.17) is 0 Å². The summed E-state index contributed by atoms with van der Waals surface area (Å²) in [7, 11) is 1.31. The molecule has 1 heterocycles. The number of esters is 1. The first-order valence-corrected chi connectivity index (χ1v) is 11.0. The fraction of sp³-hybridized carbons (Fsp3) is 0.304. The number of nitrogens with one attached hydrogen (secondary N) is 1. The predicted molar refractivity (Wildman–Crippen MR) is 120 cm³/mol. The molecule has 0 unspecified atom stereocenters. The van der Waals surface area contributed by atoms with Gasteiger partial charge in [-0.25, -0.2) is 4.39 Å². The number of thioether (sulfide) groups is 1. The van der Waals surface area contributed by atoms with Crippen molar-refractivity contribution in [3.8, 4) is 5.69 Å². The Morgan fingerprint density at radius 1 is 1.06 bits per heavy atom. The molecule has 0 saturated heterocycles. The number of methoxy groups -OCH3 is 1. The van der Waals surface area contributed by atoms with Crippen molar-refractivity contribution in [3.63, 3.8) is 0 Å². The van der Waals surface area contributed by atoms with E-state index in [1.165, 1.54) is 19.2 Å². The molecule has 0 saturated carbocycles. The highest BCUT2D eigenvalue weighted by Crippen LogP contribution is 2.24. The van der Waals surface area contributed by atoms with E-state index in [9.17, 15) is 14.0 Å². The van der Waals surface area contributed by atoms with Crippen molar-refractivity contribution in [3.05, 3.63) is 71.3 Å². The van der Waals surface area contributed by atoms with Gasteiger partial charge in [-0.2, -0.15) is 0 Å². The third-order valence-corrected chi connectivity index (χ3v) is 5.65. The van der Waals surface area contributed by atoms with E-state index < -0.39 is 5.97 Å². The summed E-state index contributed by atoms with van der Waals surface area (Å²) < 4.78 is 19.8. The number of amides is 1. The summed E-state index contributed by atoms with van der Waals surface area (Å²) >= 11 is 1.14. The Hall–Kier alpha value is -3.20. The molecule has 0 bridgehead atoms. The summed E-state index contributed by atoms with van der Waals surface area (Å²) in [4.78, 5) is 24.2. The van der Waals surface area contributed by atoms with Crippen LogP contribution in [0.15, 0.2) is 53.7 Å². The molecular weight excluding hydrogens is 431 g/mol. The molecule has 2 aromatic carbocycles. The van der Waals surface area contributed by atoms with E-state index in [2.05, 4.69) is 41.0 Å². The summed E-state index contributed by atoms with van der Waals surface area (Å²) in [5, 5.41) is 11.6. The molecule has 9 heteroatoms. The second-order valence-corrected chi connectivity index (χ2v) is 9.03. The normalized spacial score (nSPS) is 11.3. The van der Waals surface area contributed by atoms with Crippen LogP contribution in [0.25, 0.3) is 5.69 Å². The largest absolute Gasteiger partial charge is 0.468 e. The first-order valence-electron chi connectivity index (χ1n) is 9.97. The molecular formula is C23H25FN4O3S. The number of hydrogen-bond acceptors (Lipinski definition) is 6. The maximum absolute atomic E-state index is 13.4. The van der Waals surface area contributed by atoms with Crippen molar-refractivity contribution in [2.24, 2.45) is 0 Å². The Balaban J connectivity index is 1.79. The van der Waals surface area contributed by atoms with Crippen LogP contribution in [0.4, 0.5) is 4.39 Å². The number of aromatic nitrogens is 3. The molecule has 0 radical (unpaired) electrons. The molecule has 0 aliphatic heterocycles. The maximum atomic E-state index is 13.4. The Morgan fingerprint density at radius 2 is 1.72 bits per heavy atom. The molecule has 3 aromatic rings. The third kappa shape index (κ3) is 5.73. The van der Waals surface area contributed by atoms with Crippen LogP contribution in [0.1, 0.15) is 42.5 Å². The summed E-state index contributed by atoms with van der Waals surface area (Å²) in [6.07, 6.45) is 0. The van der Waals surface area contributed by atoms with Gasteiger partial charge in [0.1, 0.15) is 5.82 Å². The van der Waals surface area contributed by atoms with Crippen LogP contribution in [0.5, 0.6) is 0 Å². The molecule has 1 N–H and O–H groups in total. The summed E-state index contributed by atoms with van der Waals surface area (Å²) in [5.41, 5.74) is 2.28. The molecule has 0 fully saturated rings. The molecule has 0 spiro atoms. The van der Waals surface area contributed by atoms with Gasteiger partial charge in [-0.15, -0.1) is 10.2 Å². The number of nitrogens with zero attached hydrogens (tertiary/aromatic N) is 3. The van der Waals surface area contributed by atoms with Gasteiger partial charge in [0.2, 0.25) is 0 Å². The van der Waals surface area contributed by atoms with E-state index in [-0.39, 0.29) is 29.4 Å². The molecule has 0 aliphatic rings. The maximum Gasteiger partial charge on any atom is 0.316 e. The first kappa shape index (κ1) is 23.5. The van der Waals surface area contributed by atoms with Crippen LogP contribution in [0, 0.1) is 5.82 Å². The van der Waals surface area contributed by atoms with Crippen molar-refractivity contribution in [1.29, 1.82) is 0 Å². The van der Waals surface area contributed by atoms with Crippen LogP contribution in [-0.4, -0.2) is 39.5 Å². The highest BCUT2D eigenvalue weighted by molar-refractivity contribution is 7.99. The molecule has 0 aliphatic carbocycles. The van der Waals surface area contributed by atoms with Crippen LogP contribution >= 0.6 is 11.8 Å². The Morgan fingerprint density at radius 3 is 2.31 bits per heavy atom. The third-order valence-electron chi connectivity index (χ3n) is 4.75. The molecule has 168 valence electrons. The van der Waals surface area contributed by atoms with Crippen LogP contribution in [0.2, 0.25) is 0 Å². The quantitative estimate of drug-likeness (QED) is 0.429. The van der Waals surface area contributed by atoms with E-state index in [0.717, 1.165) is 17.3 Å². The standard InChI is InChI=1S/C23H25FN4O3S/c1-23(2,3)16-7-5-15(6-8-16)21(30)25-13-19-26-27-22(32-14-20(29)31-4)28(19)18-11-9-17(24)10-12-18/h5-12H,13-14H2,1-4H3,(H,25,30). The van der Waals surface area contributed by atoms with E-state index in [1.807, 2.05) is 12.1 Å². The molecule has 1 aromatic heterocycles. The molecule has 0 atom stereocenters. The van der Waals surface area contributed by atoms with Crippen LogP contribution in [-0.2, 0) is 21.5 Å². The minimum atomic E-state index is -0.405. The van der Waals surface area contributed by atoms with Crippen molar-refractivity contribution in [2.75, 3.05) is 12.9 Å². The number of carbonyl (C=O) groups is 2. The lowest BCUT2D eigenvalue weighted by atomic mass is 9.87. The number of carbonyl (C=O) groups excluding carboxylic acids is 2. The minimum absolute atomic E-state index is 0.00114. The van der Waals surface area contributed by atoms with Gasteiger partial charge < -0.3 is 10.1 Å². The van der Waals surface area contributed by atoms with Gasteiger partial charge in [0, 0.05) is 11.3 Å². The minimum Gasteiger partial charge on any atom is -0.468 e. The van der Waals surface area contributed by atoms with Crippen molar-refractivity contribution >= 4 is 23.6 Å². The van der Waals surface area contributed by atoms with E-state index >= 15 is 0 Å². The zero-order valence-corrected chi connectivity index (χ0v) is 19.2. The van der Waals surface area contributed by atoms with Crippen LogP contribution < -0.4 is 5.32 Å². The molecule has 3 rings (SSSR count). The predicted octanol–water partition coefficient (Wildman–Crippen LogP) is 3.90.